The first kappa shape index (κ1) is 33.8. The Hall–Kier alpha value is -3.09. The monoisotopic (exact) mass is 644 g/mol. The van der Waals surface area contributed by atoms with E-state index in [1.807, 2.05) is 12.1 Å². The van der Waals surface area contributed by atoms with Crippen molar-refractivity contribution in [2.45, 2.75) is 118 Å². The predicted molar refractivity (Wildman–Crippen MR) is 185 cm³/mol. The maximum atomic E-state index is 13.3. The number of benzene rings is 1. The van der Waals surface area contributed by atoms with E-state index in [1.165, 1.54) is 30.9 Å². The van der Waals surface area contributed by atoms with Gasteiger partial charge in [0, 0.05) is 5.54 Å². The van der Waals surface area contributed by atoms with Gasteiger partial charge in [-0.25, -0.2) is 9.59 Å². The molecule has 256 valence electrons. The Morgan fingerprint density at radius 2 is 1.55 bits per heavy atom. The summed E-state index contributed by atoms with van der Waals surface area (Å²) in [6.07, 6.45) is 12.1. The van der Waals surface area contributed by atoms with Gasteiger partial charge in [0.25, 0.3) is 0 Å². The van der Waals surface area contributed by atoms with Crippen LogP contribution in [0.2, 0.25) is 0 Å². The standard InChI is InChI=1S/C40H56N2O5/c1-23(2)27-15-20-40(42-35(47)41-24(3)33(43)44)22-21-38(7)29(32(27)40)13-14-31-37(6)18-16-28(25-9-11-26(12-10-25)34(45)46)36(4,5)30(37)17-19-39(31,38)8/h9-12,16,24,27,29-32H,1,13-15,17-22H2,2-8H3,(H,43,44)(H,45,46)(H2,41,42,47). The molecule has 5 aliphatic rings. The molecule has 10 unspecified atom stereocenters. The molecule has 2 amide bonds. The van der Waals surface area contributed by atoms with Crippen LogP contribution in [0.3, 0.4) is 0 Å². The molecule has 4 N–H and O–H groups in total. The van der Waals surface area contributed by atoms with Crippen molar-refractivity contribution in [3.63, 3.8) is 0 Å². The Kier molecular flexibility index (Phi) is 8.08. The number of allylic oxidation sites excluding steroid dienone is 3. The molecular weight excluding hydrogens is 588 g/mol. The van der Waals surface area contributed by atoms with Gasteiger partial charge in [-0.1, -0.05) is 65.0 Å². The van der Waals surface area contributed by atoms with E-state index in [2.05, 4.69) is 64.8 Å². The molecule has 1 aromatic rings. The van der Waals surface area contributed by atoms with Crippen LogP contribution in [0.15, 0.2) is 42.5 Å². The Labute approximate surface area is 281 Å². The topological polar surface area (TPSA) is 116 Å². The number of amides is 2. The van der Waals surface area contributed by atoms with E-state index in [0.717, 1.165) is 50.5 Å². The molecular formula is C40H56N2O5. The molecule has 4 fully saturated rings. The zero-order valence-electron chi connectivity index (χ0n) is 29.5. The van der Waals surface area contributed by atoms with Crippen molar-refractivity contribution in [3.8, 4) is 0 Å². The van der Waals surface area contributed by atoms with Crippen molar-refractivity contribution >= 4 is 23.5 Å². The van der Waals surface area contributed by atoms with Crippen LogP contribution in [0, 0.1) is 51.2 Å². The minimum Gasteiger partial charge on any atom is -0.480 e. The number of carbonyl (C=O) groups excluding carboxylic acids is 1. The number of hydrogen-bond donors (Lipinski definition) is 4. The number of carbonyl (C=O) groups is 3. The van der Waals surface area contributed by atoms with Gasteiger partial charge in [-0.3, -0.25) is 4.79 Å². The van der Waals surface area contributed by atoms with E-state index in [9.17, 15) is 24.6 Å². The SMILES string of the molecule is C=C(C)C1CCC2(NC(=O)NC(C)C(=O)O)CCC3(C)C(CCC4C5(C)CC=C(c6ccc(C(=O)O)cc6)C(C)(C)C5CCC43C)C12. The van der Waals surface area contributed by atoms with Crippen LogP contribution in [0.4, 0.5) is 4.79 Å². The molecule has 0 spiro atoms. The summed E-state index contributed by atoms with van der Waals surface area (Å²) >= 11 is 0. The molecule has 0 bridgehead atoms. The summed E-state index contributed by atoms with van der Waals surface area (Å²) in [7, 11) is 0. The second kappa shape index (κ2) is 11.2. The minimum atomic E-state index is -1.03. The van der Waals surface area contributed by atoms with E-state index < -0.39 is 18.0 Å². The Morgan fingerprint density at radius 1 is 0.872 bits per heavy atom. The van der Waals surface area contributed by atoms with E-state index in [-0.39, 0.29) is 39.1 Å². The van der Waals surface area contributed by atoms with Gasteiger partial charge in [-0.2, -0.15) is 0 Å². The summed E-state index contributed by atoms with van der Waals surface area (Å²) < 4.78 is 0. The van der Waals surface area contributed by atoms with Crippen molar-refractivity contribution in [2.24, 2.45) is 51.2 Å². The summed E-state index contributed by atoms with van der Waals surface area (Å²) in [6, 6.07) is 6.14. The maximum absolute atomic E-state index is 13.3. The summed E-state index contributed by atoms with van der Waals surface area (Å²) in [5.41, 5.74) is 4.04. The first-order chi connectivity index (χ1) is 21.9. The fourth-order valence-corrected chi connectivity index (χ4v) is 12.8. The van der Waals surface area contributed by atoms with Crippen molar-refractivity contribution in [2.75, 3.05) is 0 Å². The predicted octanol–water partition coefficient (Wildman–Crippen LogP) is 8.56. The fraction of sp³-hybridized carbons (Fsp3) is 0.675. The summed E-state index contributed by atoms with van der Waals surface area (Å²) in [6.45, 7) is 20.7. The van der Waals surface area contributed by atoms with Gasteiger partial charge >= 0.3 is 18.0 Å². The van der Waals surface area contributed by atoms with Crippen LogP contribution in [-0.2, 0) is 4.79 Å². The van der Waals surface area contributed by atoms with Gasteiger partial charge in [0.2, 0.25) is 0 Å². The van der Waals surface area contributed by atoms with Crippen molar-refractivity contribution < 1.29 is 24.6 Å². The van der Waals surface area contributed by atoms with E-state index in [1.54, 1.807) is 12.1 Å². The molecule has 47 heavy (non-hydrogen) atoms. The zero-order chi connectivity index (χ0) is 34.3. The average Bonchev–Trinajstić information content (AvgIpc) is 3.36. The Bertz CT molecular complexity index is 1510. The van der Waals surface area contributed by atoms with Crippen LogP contribution in [0.1, 0.15) is 122 Å². The fourth-order valence-electron chi connectivity index (χ4n) is 12.8. The summed E-state index contributed by atoms with van der Waals surface area (Å²) in [5.74, 6) is 0.255. The summed E-state index contributed by atoms with van der Waals surface area (Å²) in [4.78, 5) is 36.3. The van der Waals surface area contributed by atoms with Crippen molar-refractivity contribution in [1.29, 1.82) is 0 Å². The number of hydrogen-bond acceptors (Lipinski definition) is 3. The third kappa shape index (κ3) is 4.91. The normalized spacial score (nSPS) is 40.7. The molecule has 5 aliphatic carbocycles. The second-order valence-corrected chi connectivity index (χ2v) is 17.4. The lowest BCUT2D eigenvalue weighted by Crippen LogP contribution is -2.69. The minimum absolute atomic E-state index is 0.0422. The highest BCUT2D eigenvalue weighted by Gasteiger charge is 2.70. The average molecular weight is 645 g/mol. The highest BCUT2D eigenvalue weighted by molar-refractivity contribution is 5.88. The van der Waals surface area contributed by atoms with Gasteiger partial charge in [0.05, 0.1) is 5.56 Å². The molecule has 0 aliphatic heterocycles. The number of carboxylic acids is 2. The lowest BCUT2D eigenvalue weighted by molar-refractivity contribution is -0.218. The number of aliphatic carboxylic acids is 1. The molecule has 0 saturated heterocycles. The smallest absolute Gasteiger partial charge is 0.335 e. The number of rotatable bonds is 6. The number of fused-ring (bicyclic) bond motifs is 7. The molecule has 0 heterocycles. The molecule has 7 heteroatoms. The van der Waals surface area contributed by atoms with Crippen LogP contribution >= 0.6 is 0 Å². The lowest BCUT2D eigenvalue weighted by Gasteiger charge is -2.72. The molecule has 0 radical (unpaired) electrons. The van der Waals surface area contributed by atoms with Crippen LogP contribution < -0.4 is 10.6 Å². The van der Waals surface area contributed by atoms with Crippen LogP contribution in [0.25, 0.3) is 5.57 Å². The molecule has 7 nitrogen and oxygen atoms in total. The maximum Gasteiger partial charge on any atom is 0.335 e. The number of urea groups is 1. The van der Waals surface area contributed by atoms with E-state index in [0.29, 0.717) is 29.2 Å². The number of carboxylic acid groups (broad SMARTS) is 2. The number of aromatic carboxylic acids is 1. The van der Waals surface area contributed by atoms with Crippen molar-refractivity contribution in [3.05, 3.63) is 53.6 Å². The molecule has 0 aromatic heterocycles. The third-order valence-electron chi connectivity index (χ3n) is 15.2. The van der Waals surface area contributed by atoms with Gasteiger partial charge in [-0.15, -0.1) is 0 Å². The van der Waals surface area contributed by atoms with E-state index >= 15 is 0 Å². The Balaban J connectivity index is 1.32. The quantitative estimate of drug-likeness (QED) is 0.232. The van der Waals surface area contributed by atoms with Gasteiger partial charge < -0.3 is 20.8 Å². The zero-order valence-corrected chi connectivity index (χ0v) is 29.5. The first-order valence-electron chi connectivity index (χ1n) is 17.9. The number of nitrogens with one attached hydrogen (secondary N) is 2. The van der Waals surface area contributed by atoms with Crippen LogP contribution in [0.5, 0.6) is 0 Å². The third-order valence-corrected chi connectivity index (χ3v) is 15.2. The van der Waals surface area contributed by atoms with Gasteiger partial charge in [0.1, 0.15) is 6.04 Å². The highest BCUT2D eigenvalue weighted by atomic mass is 16.4. The lowest BCUT2D eigenvalue weighted by atomic mass is 9.33. The first-order valence-corrected chi connectivity index (χ1v) is 17.9. The summed E-state index contributed by atoms with van der Waals surface area (Å²) in [5, 5.41) is 24.9. The van der Waals surface area contributed by atoms with Crippen molar-refractivity contribution in [1.82, 2.24) is 10.6 Å². The second-order valence-electron chi connectivity index (χ2n) is 17.4. The Morgan fingerprint density at radius 3 is 2.17 bits per heavy atom. The van der Waals surface area contributed by atoms with Gasteiger partial charge in [0.15, 0.2) is 0 Å². The largest absolute Gasteiger partial charge is 0.480 e. The van der Waals surface area contributed by atoms with Gasteiger partial charge in [-0.05, 0) is 146 Å². The van der Waals surface area contributed by atoms with Crippen LogP contribution in [-0.4, -0.2) is 39.8 Å². The van der Waals surface area contributed by atoms with E-state index in [4.69, 9.17) is 0 Å². The molecule has 4 saturated carbocycles. The molecule has 6 rings (SSSR count). The molecule has 10 atom stereocenters. The molecule has 1 aromatic carbocycles. The highest BCUT2D eigenvalue weighted by Crippen LogP contribution is 2.76.